The molecule has 1 heterocycles. The van der Waals surface area contributed by atoms with E-state index in [1.807, 2.05) is 42.0 Å². The van der Waals surface area contributed by atoms with Crippen molar-refractivity contribution in [2.45, 2.75) is 13.5 Å². The average molecular weight is 244 g/mol. The summed E-state index contributed by atoms with van der Waals surface area (Å²) in [5, 5.41) is 0.913. The van der Waals surface area contributed by atoms with Gasteiger partial charge in [0.2, 0.25) is 0 Å². The quantitative estimate of drug-likeness (QED) is 0.648. The first-order valence-corrected chi connectivity index (χ1v) is 5.88. The van der Waals surface area contributed by atoms with E-state index < -0.39 is 0 Å². The van der Waals surface area contributed by atoms with Crippen molar-refractivity contribution < 1.29 is 9.63 Å². The van der Waals surface area contributed by atoms with Crippen molar-refractivity contribution in [2.24, 2.45) is 0 Å². The SMILES string of the molecule is C=CCn1cc(C(=O)NOCC)c2ccccc21. The van der Waals surface area contributed by atoms with Crippen LogP contribution in [0.5, 0.6) is 0 Å². The van der Waals surface area contributed by atoms with Crippen molar-refractivity contribution in [1.29, 1.82) is 0 Å². The van der Waals surface area contributed by atoms with E-state index in [1.54, 1.807) is 6.08 Å². The minimum Gasteiger partial charge on any atom is -0.343 e. The van der Waals surface area contributed by atoms with E-state index in [9.17, 15) is 4.79 Å². The van der Waals surface area contributed by atoms with Crippen LogP contribution in [-0.4, -0.2) is 17.1 Å². The number of benzene rings is 1. The van der Waals surface area contributed by atoms with Crippen molar-refractivity contribution in [1.82, 2.24) is 10.0 Å². The Morgan fingerprint density at radius 2 is 2.28 bits per heavy atom. The number of allylic oxidation sites excluding steroid dienone is 1. The van der Waals surface area contributed by atoms with Crippen LogP contribution in [0.3, 0.4) is 0 Å². The summed E-state index contributed by atoms with van der Waals surface area (Å²) in [5.74, 6) is -0.226. The van der Waals surface area contributed by atoms with Crippen LogP contribution < -0.4 is 5.48 Å². The second-order valence-corrected chi connectivity index (χ2v) is 3.87. The molecule has 18 heavy (non-hydrogen) atoms. The van der Waals surface area contributed by atoms with E-state index in [0.29, 0.717) is 18.7 Å². The number of aromatic nitrogens is 1. The summed E-state index contributed by atoms with van der Waals surface area (Å²) in [6, 6.07) is 7.77. The molecule has 1 N–H and O–H groups in total. The summed E-state index contributed by atoms with van der Waals surface area (Å²) in [6.45, 7) is 6.65. The van der Waals surface area contributed by atoms with Gasteiger partial charge in [0.1, 0.15) is 0 Å². The van der Waals surface area contributed by atoms with Crippen LogP contribution in [0, 0.1) is 0 Å². The molecular formula is C14H16N2O2. The molecule has 0 atom stereocenters. The molecule has 1 aromatic carbocycles. The van der Waals surface area contributed by atoms with Crippen molar-refractivity contribution in [3.63, 3.8) is 0 Å². The summed E-state index contributed by atoms with van der Waals surface area (Å²) in [6.07, 6.45) is 3.62. The number of hydrogen-bond acceptors (Lipinski definition) is 2. The molecular weight excluding hydrogens is 228 g/mol. The number of hydrogen-bond donors (Lipinski definition) is 1. The van der Waals surface area contributed by atoms with Crippen LogP contribution in [0.25, 0.3) is 10.9 Å². The van der Waals surface area contributed by atoms with Crippen molar-refractivity contribution in [3.8, 4) is 0 Å². The van der Waals surface area contributed by atoms with E-state index in [2.05, 4.69) is 12.1 Å². The van der Waals surface area contributed by atoms with Gasteiger partial charge in [-0.2, -0.15) is 0 Å². The van der Waals surface area contributed by atoms with Crippen LogP contribution in [-0.2, 0) is 11.4 Å². The van der Waals surface area contributed by atoms with E-state index in [-0.39, 0.29) is 5.91 Å². The number of nitrogens with zero attached hydrogens (tertiary/aromatic N) is 1. The number of para-hydroxylation sites is 1. The zero-order valence-electron chi connectivity index (χ0n) is 10.3. The fourth-order valence-electron chi connectivity index (χ4n) is 1.91. The number of carbonyl (C=O) groups is 1. The van der Waals surface area contributed by atoms with E-state index in [4.69, 9.17) is 4.84 Å². The van der Waals surface area contributed by atoms with Crippen LogP contribution in [0.4, 0.5) is 0 Å². The Hall–Kier alpha value is -2.07. The maximum Gasteiger partial charge on any atom is 0.277 e. The minimum absolute atomic E-state index is 0.226. The van der Waals surface area contributed by atoms with Crippen molar-refractivity contribution in [2.75, 3.05) is 6.61 Å². The second-order valence-electron chi connectivity index (χ2n) is 3.87. The fourth-order valence-corrected chi connectivity index (χ4v) is 1.91. The first kappa shape index (κ1) is 12.4. The molecule has 0 saturated heterocycles. The van der Waals surface area contributed by atoms with Gasteiger partial charge < -0.3 is 4.57 Å². The number of fused-ring (bicyclic) bond motifs is 1. The Balaban J connectivity index is 2.44. The van der Waals surface area contributed by atoms with Crippen molar-refractivity contribution in [3.05, 3.63) is 48.7 Å². The van der Waals surface area contributed by atoms with E-state index in [1.165, 1.54) is 0 Å². The Labute approximate surface area is 106 Å². The Kier molecular flexibility index (Phi) is 3.79. The molecule has 4 heteroatoms. The molecule has 0 aliphatic carbocycles. The highest BCUT2D eigenvalue weighted by Crippen LogP contribution is 2.21. The molecule has 0 radical (unpaired) electrons. The standard InChI is InChI=1S/C14H16N2O2/c1-3-9-16-10-12(14(17)15-18-4-2)11-7-5-6-8-13(11)16/h3,5-8,10H,1,4,9H2,2H3,(H,15,17). The molecule has 4 nitrogen and oxygen atoms in total. The predicted octanol–water partition coefficient (Wildman–Crippen LogP) is 2.51. The van der Waals surface area contributed by atoms with Crippen molar-refractivity contribution >= 4 is 16.8 Å². The van der Waals surface area contributed by atoms with Gasteiger partial charge in [0.05, 0.1) is 12.2 Å². The molecule has 1 amide bonds. The van der Waals surface area contributed by atoms with Crippen LogP contribution in [0.15, 0.2) is 43.1 Å². The number of hydroxylamine groups is 1. The smallest absolute Gasteiger partial charge is 0.277 e. The third-order valence-corrected chi connectivity index (χ3v) is 2.67. The van der Waals surface area contributed by atoms with Gasteiger partial charge in [-0.25, -0.2) is 5.48 Å². The van der Waals surface area contributed by atoms with Gasteiger partial charge in [-0.1, -0.05) is 24.3 Å². The highest BCUT2D eigenvalue weighted by molar-refractivity contribution is 6.06. The lowest BCUT2D eigenvalue weighted by Crippen LogP contribution is -2.23. The Morgan fingerprint density at radius 1 is 1.50 bits per heavy atom. The van der Waals surface area contributed by atoms with Crippen LogP contribution in [0.1, 0.15) is 17.3 Å². The van der Waals surface area contributed by atoms with Gasteiger partial charge >= 0.3 is 0 Å². The number of amides is 1. The van der Waals surface area contributed by atoms with Crippen LogP contribution >= 0.6 is 0 Å². The van der Waals surface area contributed by atoms with E-state index >= 15 is 0 Å². The third-order valence-electron chi connectivity index (χ3n) is 2.67. The van der Waals surface area contributed by atoms with E-state index in [0.717, 1.165) is 10.9 Å². The molecule has 0 unspecified atom stereocenters. The monoisotopic (exact) mass is 244 g/mol. The molecule has 0 spiro atoms. The summed E-state index contributed by atoms with van der Waals surface area (Å²) in [7, 11) is 0. The lowest BCUT2D eigenvalue weighted by molar-refractivity contribution is 0.0366. The highest BCUT2D eigenvalue weighted by atomic mass is 16.6. The molecule has 0 bridgehead atoms. The van der Waals surface area contributed by atoms with Gasteiger partial charge in [0.25, 0.3) is 5.91 Å². The fraction of sp³-hybridized carbons (Fsp3) is 0.214. The third kappa shape index (κ3) is 2.28. The normalized spacial score (nSPS) is 10.5. The van der Waals surface area contributed by atoms with Crippen LogP contribution in [0.2, 0.25) is 0 Å². The number of carbonyl (C=O) groups excluding carboxylic acids is 1. The Bertz CT molecular complexity index is 572. The highest BCUT2D eigenvalue weighted by Gasteiger charge is 2.14. The lowest BCUT2D eigenvalue weighted by Gasteiger charge is -2.01. The number of rotatable bonds is 5. The minimum atomic E-state index is -0.226. The molecule has 2 rings (SSSR count). The summed E-state index contributed by atoms with van der Waals surface area (Å²) in [5.41, 5.74) is 4.04. The lowest BCUT2D eigenvalue weighted by atomic mass is 10.2. The van der Waals surface area contributed by atoms with Gasteiger partial charge in [-0.05, 0) is 13.0 Å². The molecule has 0 aliphatic heterocycles. The summed E-state index contributed by atoms with van der Waals surface area (Å²) < 4.78 is 1.99. The predicted molar refractivity (Wildman–Crippen MR) is 71.2 cm³/mol. The van der Waals surface area contributed by atoms with Gasteiger partial charge in [0, 0.05) is 23.6 Å². The van der Waals surface area contributed by atoms with Gasteiger partial charge in [0.15, 0.2) is 0 Å². The summed E-state index contributed by atoms with van der Waals surface area (Å²) in [4.78, 5) is 16.9. The zero-order valence-corrected chi connectivity index (χ0v) is 10.3. The first-order chi connectivity index (χ1) is 8.77. The zero-order chi connectivity index (χ0) is 13.0. The molecule has 94 valence electrons. The largest absolute Gasteiger partial charge is 0.343 e. The average Bonchev–Trinajstić information content (AvgIpc) is 2.76. The summed E-state index contributed by atoms with van der Waals surface area (Å²) >= 11 is 0. The first-order valence-electron chi connectivity index (χ1n) is 5.88. The second kappa shape index (κ2) is 5.51. The van der Waals surface area contributed by atoms with Gasteiger partial charge in [-0.15, -0.1) is 6.58 Å². The Morgan fingerprint density at radius 3 is 3.00 bits per heavy atom. The molecule has 0 aliphatic rings. The molecule has 2 aromatic rings. The maximum absolute atomic E-state index is 12.0. The maximum atomic E-state index is 12.0. The molecule has 0 saturated carbocycles. The molecule has 0 fully saturated rings. The topological polar surface area (TPSA) is 43.3 Å². The molecule has 1 aromatic heterocycles. The number of nitrogens with one attached hydrogen (secondary N) is 1. The van der Waals surface area contributed by atoms with Gasteiger partial charge in [-0.3, -0.25) is 9.63 Å².